The second kappa shape index (κ2) is 8.52. The van der Waals surface area contributed by atoms with Crippen molar-refractivity contribution in [2.45, 2.75) is 63.3 Å². The van der Waals surface area contributed by atoms with Crippen molar-refractivity contribution in [2.24, 2.45) is 0 Å². The monoisotopic (exact) mass is 438 g/mol. The fourth-order valence-corrected chi connectivity index (χ4v) is 6.03. The number of aromatic amines is 1. The summed E-state index contributed by atoms with van der Waals surface area (Å²) in [5.74, 6) is 0.606. The first kappa shape index (κ1) is 21.5. The van der Waals surface area contributed by atoms with Crippen molar-refractivity contribution in [3.63, 3.8) is 0 Å². The molecule has 1 aromatic carbocycles. The minimum absolute atomic E-state index is 0.213. The number of hydrogen-bond acceptors (Lipinski definition) is 5. The number of benzene rings is 1. The number of aryl methyl sites for hydroxylation is 1. The minimum atomic E-state index is -0.456. The van der Waals surface area contributed by atoms with Gasteiger partial charge in [-0.05, 0) is 60.9 Å². The van der Waals surface area contributed by atoms with Crippen molar-refractivity contribution in [1.29, 1.82) is 0 Å². The number of aromatic nitrogens is 2. The highest BCUT2D eigenvalue weighted by atomic mass is 16.5. The molecule has 2 aliphatic heterocycles. The molecule has 7 heteroatoms. The van der Waals surface area contributed by atoms with Gasteiger partial charge in [0.1, 0.15) is 0 Å². The van der Waals surface area contributed by atoms with E-state index in [1.165, 1.54) is 22.5 Å². The van der Waals surface area contributed by atoms with Crippen LogP contribution in [0.2, 0.25) is 0 Å². The molecule has 5 rings (SSSR count). The molecule has 2 unspecified atom stereocenters. The lowest BCUT2D eigenvalue weighted by Crippen LogP contribution is -2.41. The summed E-state index contributed by atoms with van der Waals surface area (Å²) in [5.41, 5.74) is 6.84. The molecule has 0 bridgehead atoms. The molecule has 0 radical (unpaired) electrons. The molecule has 2 N–H and O–H groups in total. The summed E-state index contributed by atoms with van der Waals surface area (Å²) in [4.78, 5) is 15.6. The number of carbonyl (C=O) groups excluding carboxylic acids is 1. The van der Waals surface area contributed by atoms with E-state index in [0.29, 0.717) is 32.3 Å². The summed E-state index contributed by atoms with van der Waals surface area (Å²) in [6.07, 6.45) is 6.92. The van der Waals surface area contributed by atoms with Gasteiger partial charge in [-0.3, -0.25) is 9.89 Å². The standard InChI is InChI=1S/C25H34N4O3/c1-4-25(5-2)19-14-20-18(13-21(19)29(24(25)30)9-10-32-12-11-31-3)17-8-6-7-16-15-26-28-22(16)23(17)27-20/h13-15,17,23,27H,4-12H2,1-3H3,(H,26,28). The van der Waals surface area contributed by atoms with Crippen molar-refractivity contribution in [2.75, 3.05) is 43.7 Å². The Balaban J connectivity index is 1.51. The molecule has 172 valence electrons. The van der Waals surface area contributed by atoms with Crippen LogP contribution in [-0.2, 0) is 26.1 Å². The Labute approximate surface area is 189 Å². The van der Waals surface area contributed by atoms with Crippen LogP contribution in [0, 0.1) is 0 Å². The van der Waals surface area contributed by atoms with Crippen LogP contribution >= 0.6 is 0 Å². The third kappa shape index (κ3) is 3.17. The van der Waals surface area contributed by atoms with E-state index < -0.39 is 5.41 Å². The molecular weight excluding hydrogens is 404 g/mol. The molecule has 0 saturated carbocycles. The van der Waals surface area contributed by atoms with Gasteiger partial charge in [-0.1, -0.05) is 13.8 Å². The minimum Gasteiger partial charge on any atom is -0.382 e. The Morgan fingerprint density at radius 2 is 2.06 bits per heavy atom. The number of H-pyrrole nitrogens is 1. The van der Waals surface area contributed by atoms with Gasteiger partial charge in [0.15, 0.2) is 0 Å². The van der Waals surface area contributed by atoms with E-state index in [0.717, 1.165) is 43.4 Å². The number of hydrogen-bond donors (Lipinski definition) is 2. The Morgan fingerprint density at radius 3 is 2.84 bits per heavy atom. The summed E-state index contributed by atoms with van der Waals surface area (Å²) in [6, 6.07) is 4.79. The summed E-state index contributed by atoms with van der Waals surface area (Å²) in [7, 11) is 1.67. The van der Waals surface area contributed by atoms with Crippen LogP contribution in [0.25, 0.3) is 0 Å². The first-order valence-corrected chi connectivity index (χ1v) is 12.0. The predicted octanol–water partition coefficient (Wildman–Crippen LogP) is 4.06. The lowest BCUT2D eigenvalue weighted by molar-refractivity contribution is -0.123. The normalized spacial score (nSPS) is 22.7. The summed E-state index contributed by atoms with van der Waals surface area (Å²) >= 11 is 0. The van der Waals surface area contributed by atoms with E-state index >= 15 is 0 Å². The Morgan fingerprint density at radius 1 is 1.22 bits per heavy atom. The molecule has 0 saturated heterocycles. The molecule has 1 aliphatic carbocycles. The van der Waals surface area contributed by atoms with Crippen LogP contribution in [0.1, 0.15) is 73.9 Å². The Bertz CT molecular complexity index is 997. The van der Waals surface area contributed by atoms with Crippen LogP contribution in [0.3, 0.4) is 0 Å². The number of ether oxygens (including phenoxy) is 2. The smallest absolute Gasteiger partial charge is 0.237 e. The van der Waals surface area contributed by atoms with Crippen LogP contribution in [0.4, 0.5) is 11.4 Å². The van der Waals surface area contributed by atoms with E-state index in [-0.39, 0.29) is 11.9 Å². The average Bonchev–Trinajstić information content (AvgIpc) is 3.43. The molecule has 0 fully saturated rings. The van der Waals surface area contributed by atoms with Crippen LogP contribution in [0.5, 0.6) is 0 Å². The Hall–Kier alpha value is -2.38. The van der Waals surface area contributed by atoms with Crippen molar-refractivity contribution in [3.05, 3.63) is 40.7 Å². The number of nitrogens with one attached hydrogen (secondary N) is 2. The zero-order valence-electron chi connectivity index (χ0n) is 19.4. The van der Waals surface area contributed by atoms with E-state index in [4.69, 9.17) is 9.47 Å². The van der Waals surface area contributed by atoms with Gasteiger partial charge in [-0.2, -0.15) is 5.10 Å². The lowest BCUT2D eigenvalue weighted by Gasteiger charge is -2.26. The van der Waals surface area contributed by atoms with Gasteiger partial charge in [-0.25, -0.2) is 0 Å². The van der Waals surface area contributed by atoms with Crippen molar-refractivity contribution < 1.29 is 14.3 Å². The van der Waals surface area contributed by atoms with Gasteiger partial charge in [0.2, 0.25) is 5.91 Å². The van der Waals surface area contributed by atoms with E-state index in [2.05, 4.69) is 41.5 Å². The second-order valence-electron chi connectivity index (χ2n) is 9.24. The summed E-state index contributed by atoms with van der Waals surface area (Å²) in [5, 5.41) is 11.4. The van der Waals surface area contributed by atoms with Crippen molar-refractivity contribution >= 4 is 17.3 Å². The van der Waals surface area contributed by atoms with Gasteiger partial charge in [0.25, 0.3) is 0 Å². The van der Waals surface area contributed by atoms with Crippen molar-refractivity contribution in [1.82, 2.24) is 10.2 Å². The molecule has 2 aromatic rings. The highest BCUT2D eigenvalue weighted by Gasteiger charge is 2.50. The predicted molar refractivity (Wildman–Crippen MR) is 124 cm³/mol. The second-order valence-corrected chi connectivity index (χ2v) is 9.24. The number of rotatable bonds is 8. The summed E-state index contributed by atoms with van der Waals surface area (Å²) in [6.45, 7) is 6.45. The number of methoxy groups -OCH3 is 1. The van der Waals surface area contributed by atoms with Crippen LogP contribution in [0.15, 0.2) is 18.3 Å². The largest absolute Gasteiger partial charge is 0.382 e. The number of nitrogens with zero attached hydrogens (tertiary/aromatic N) is 2. The van der Waals surface area contributed by atoms with Crippen LogP contribution < -0.4 is 10.2 Å². The van der Waals surface area contributed by atoms with Crippen LogP contribution in [-0.4, -0.2) is 49.6 Å². The molecule has 1 amide bonds. The average molecular weight is 439 g/mol. The van der Waals surface area contributed by atoms with Gasteiger partial charge in [0, 0.05) is 30.9 Å². The molecule has 2 atom stereocenters. The molecular formula is C25H34N4O3. The maximum Gasteiger partial charge on any atom is 0.237 e. The topological polar surface area (TPSA) is 79.5 Å². The lowest BCUT2D eigenvalue weighted by atomic mass is 9.76. The maximum atomic E-state index is 13.7. The third-order valence-electron chi connectivity index (χ3n) is 7.86. The molecule has 1 aromatic heterocycles. The number of carbonyl (C=O) groups is 1. The first-order chi connectivity index (χ1) is 15.6. The first-order valence-electron chi connectivity index (χ1n) is 12.0. The highest BCUT2D eigenvalue weighted by Crippen LogP contribution is 2.54. The molecule has 7 nitrogen and oxygen atoms in total. The zero-order valence-corrected chi connectivity index (χ0v) is 19.4. The van der Waals surface area contributed by atoms with Gasteiger partial charge >= 0.3 is 0 Å². The molecule has 0 spiro atoms. The highest BCUT2D eigenvalue weighted by molar-refractivity contribution is 6.08. The van der Waals surface area contributed by atoms with Crippen molar-refractivity contribution in [3.8, 4) is 0 Å². The molecule has 3 heterocycles. The third-order valence-corrected chi connectivity index (χ3v) is 7.86. The fraction of sp³-hybridized carbons (Fsp3) is 0.600. The van der Waals surface area contributed by atoms with E-state index in [1.54, 1.807) is 7.11 Å². The summed E-state index contributed by atoms with van der Waals surface area (Å²) < 4.78 is 10.8. The maximum absolute atomic E-state index is 13.7. The number of amides is 1. The number of fused-ring (bicyclic) bond motifs is 6. The Kier molecular flexibility index (Phi) is 5.72. The fourth-order valence-electron chi connectivity index (χ4n) is 6.03. The van der Waals surface area contributed by atoms with Gasteiger partial charge in [0.05, 0.1) is 43.2 Å². The van der Waals surface area contributed by atoms with E-state index in [9.17, 15) is 4.79 Å². The SMILES string of the molecule is CCC1(CC)C(=O)N(CCOCCOC)c2cc3c(cc21)NC1c2[nH]ncc2CCCC31. The van der Waals surface area contributed by atoms with Gasteiger partial charge < -0.3 is 19.7 Å². The molecule has 32 heavy (non-hydrogen) atoms. The number of anilines is 2. The molecule has 3 aliphatic rings. The van der Waals surface area contributed by atoms with Gasteiger partial charge in [-0.15, -0.1) is 0 Å². The quantitative estimate of drug-likeness (QED) is 0.608. The zero-order chi connectivity index (χ0) is 22.3. The van der Waals surface area contributed by atoms with E-state index in [1.807, 2.05) is 11.1 Å².